The number of piperidine rings is 1. The predicted octanol–water partition coefficient (Wildman–Crippen LogP) is 2.52. The van der Waals surface area contributed by atoms with Crippen LogP contribution in [0.4, 0.5) is 4.79 Å². The van der Waals surface area contributed by atoms with Crippen molar-refractivity contribution in [3.05, 3.63) is 42.5 Å². The lowest BCUT2D eigenvalue weighted by Gasteiger charge is -2.33. The minimum atomic E-state index is -0.0180. The van der Waals surface area contributed by atoms with E-state index in [4.69, 9.17) is 4.74 Å². The summed E-state index contributed by atoms with van der Waals surface area (Å²) in [5, 5.41) is 7.30. The van der Waals surface area contributed by atoms with Crippen LogP contribution in [0.2, 0.25) is 0 Å². The molecule has 0 unspecified atom stereocenters. The Morgan fingerprint density at radius 2 is 2.20 bits per heavy atom. The first-order valence-electron chi connectivity index (χ1n) is 8.76. The van der Waals surface area contributed by atoms with Crippen molar-refractivity contribution < 1.29 is 9.53 Å². The maximum atomic E-state index is 12.5. The van der Waals surface area contributed by atoms with Gasteiger partial charge in [0.1, 0.15) is 11.9 Å². The van der Waals surface area contributed by atoms with E-state index in [9.17, 15) is 4.79 Å². The van der Waals surface area contributed by atoms with Crippen molar-refractivity contribution in [3.8, 4) is 5.75 Å². The standard InChI is InChI=1S/C18H25N5O2/c1-3-17(14-11-20-22(2)13-14)21-18(24)23-9-6-15(7-10-23)25-16-5-4-8-19-12-16/h4-5,8,11-13,15,17H,3,6-7,9-10H2,1-2H3,(H,21,24)/t17-/m1/s1. The van der Waals surface area contributed by atoms with Gasteiger partial charge in [-0.2, -0.15) is 5.10 Å². The van der Waals surface area contributed by atoms with E-state index >= 15 is 0 Å². The second-order valence-corrected chi connectivity index (χ2v) is 6.35. The molecule has 1 saturated heterocycles. The Morgan fingerprint density at radius 1 is 1.40 bits per heavy atom. The molecule has 2 amide bonds. The van der Waals surface area contributed by atoms with E-state index in [-0.39, 0.29) is 18.2 Å². The Labute approximate surface area is 148 Å². The highest BCUT2D eigenvalue weighted by Crippen LogP contribution is 2.20. The van der Waals surface area contributed by atoms with Crippen molar-refractivity contribution >= 4 is 6.03 Å². The summed E-state index contributed by atoms with van der Waals surface area (Å²) < 4.78 is 7.68. The fourth-order valence-electron chi connectivity index (χ4n) is 3.07. The third-order valence-corrected chi connectivity index (χ3v) is 4.50. The van der Waals surface area contributed by atoms with Gasteiger partial charge in [-0.25, -0.2) is 4.79 Å². The molecule has 7 nitrogen and oxygen atoms in total. The van der Waals surface area contributed by atoms with Gasteiger partial charge in [0.15, 0.2) is 0 Å². The molecule has 134 valence electrons. The number of aryl methyl sites for hydroxylation is 1. The number of nitrogens with one attached hydrogen (secondary N) is 1. The molecular formula is C18H25N5O2. The lowest BCUT2D eigenvalue weighted by atomic mass is 10.1. The van der Waals surface area contributed by atoms with Gasteiger partial charge in [0.2, 0.25) is 0 Å². The van der Waals surface area contributed by atoms with Gasteiger partial charge in [-0.1, -0.05) is 6.92 Å². The van der Waals surface area contributed by atoms with E-state index in [0.717, 1.165) is 30.6 Å². The van der Waals surface area contributed by atoms with E-state index < -0.39 is 0 Å². The molecule has 1 aliphatic heterocycles. The Hall–Kier alpha value is -2.57. The molecule has 0 aliphatic carbocycles. The molecule has 25 heavy (non-hydrogen) atoms. The van der Waals surface area contributed by atoms with Gasteiger partial charge < -0.3 is 15.0 Å². The summed E-state index contributed by atoms with van der Waals surface area (Å²) in [5.74, 6) is 0.785. The quantitative estimate of drug-likeness (QED) is 0.905. The topological polar surface area (TPSA) is 72.3 Å². The molecular weight excluding hydrogens is 318 g/mol. The van der Waals surface area contributed by atoms with Crippen molar-refractivity contribution in [2.24, 2.45) is 7.05 Å². The van der Waals surface area contributed by atoms with E-state index in [1.807, 2.05) is 36.5 Å². The third kappa shape index (κ3) is 4.49. The maximum absolute atomic E-state index is 12.5. The number of likely N-dealkylation sites (tertiary alicyclic amines) is 1. The van der Waals surface area contributed by atoms with Gasteiger partial charge in [-0.15, -0.1) is 0 Å². The fourth-order valence-corrected chi connectivity index (χ4v) is 3.07. The fraction of sp³-hybridized carbons (Fsp3) is 0.500. The molecule has 1 atom stereocenters. The number of nitrogens with zero attached hydrogens (tertiary/aromatic N) is 4. The molecule has 0 bridgehead atoms. The summed E-state index contributed by atoms with van der Waals surface area (Å²) in [6, 6.07) is 3.74. The number of hydrogen-bond acceptors (Lipinski definition) is 4. The molecule has 2 aromatic rings. The Morgan fingerprint density at radius 3 is 2.80 bits per heavy atom. The van der Waals surface area contributed by atoms with Crippen LogP contribution in [0.1, 0.15) is 37.8 Å². The minimum absolute atomic E-state index is 0.00873. The van der Waals surface area contributed by atoms with E-state index in [1.165, 1.54) is 0 Å². The zero-order valence-corrected chi connectivity index (χ0v) is 14.8. The number of rotatable bonds is 5. The van der Waals surface area contributed by atoms with Gasteiger partial charge in [-0.05, 0) is 18.6 Å². The monoisotopic (exact) mass is 343 g/mol. The molecule has 3 rings (SSSR count). The average molecular weight is 343 g/mol. The number of hydrogen-bond donors (Lipinski definition) is 1. The number of amides is 2. The maximum Gasteiger partial charge on any atom is 0.317 e. The SMILES string of the molecule is CC[C@@H](NC(=O)N1CCC(Oc2cccnc2)CC1)c1cnn(C)c1. The largest absolute Gasteiger partial charge is 0.489 e. The minimum Gasteiger partial charge on any atom is -0.489 e. The molecule has 1 fully saturated rings. The Kier molecular flexibility index (Phi) is 5.53. The summed E-state index contributed by atoms with van der Waals surface area (Å²) in [7, 11) is 1.88. The Balaban J connectivity index is 1.49. The first-order valence-corrected chi connectivity index (χ1v) is 8.76. The van der Waals surface area contributed by atoms with Gasteiger partial charge in [0.05, 0.1) is 18.4 Å². The molecule has 7 heteroatoms. The smallest absolute Gasteiger partial charge is 0.317 e. The van der Waals surface area contributed by atoms with Crippen molar-refractivity contribution in [1.82, 2.24) is 25.0 Å². The highest BCUT2D eigenvalue weighted by atomic mass is 16.5. The van der Waals surface area contributed by atoms with E-state index in [2.05, 4.69) is 22.3 Å². The average Bonchev–Trinajstić information content (AvgIpc) is 3.07. The summed E-state index contributed by atoms with van der Waals surface area (Å²) >= 11 is 0. The van der Waals surface area contributed by atoms with Gasteiger partial charge in [0, 0.05) is 50.9 Å². The Bertz CT molecular complexity index is 680. The highest BCUT2D eigenvalue weighted by molar-refractivity contribution is 5.74. The molecule has 0 spiro atoms. The molecule has 0 radical (unpaired) electrons. The molecule has 2 aromatic heterocycles. The van der Waals surface area contributed by atoms with Crippen molar-refractivity contribution in [2.45, 2.75) is 38.3 Å². The lowest BCUT2D eigenvalue weighted by Crippen LogP contribution is -2.47. The summed E-state index contributed by atoms with van der Waals surface area (Å²) in [4.78, 5) is 18.5. The van der Waals surface area contributed by atoms with Crippen LogP contribution in [-0.4, -0.2) is 44.9 Å². The van der Waals surface area contributed by atoms with Crippen LogP contribution in [0.3, 0.4) is 0 Å². The molecule has 0 aromatic carbocycles. The van der Waals surface area contributed by atoms with Crippen LogP contribution < -0.4 is 10.1 Å². The second-order valence-electron chi connectivity index (χ2n) is 6.35. The molecule has 1 N–H and O–H groups in total. The number of urea groups is 1. The number of carbonyl (C=O) groups excluding carboxylic acids is 1. The van der Waals surface area contributed by atoms with Crippen LogP contribution >= 0.6 is 0 Å². The first kappa shape index (κ1) is 17.3. The number of carbonyl (C=O) groups is 1. The normalized spacial score (nSPS) is 16.5. The van der Waals surface area contributed by atoms with E-state index in [0.29, 0.717) is 13.1 Å². The third-order valence-electron chi connectivity index (χ3n) is 4.50. The highest BCUT2D eigenvalue weighted by Gasteiger charge is 2.25. The number of aromatic nitrogens is 3. The number of pyridine rings is 1. The number of ether oxygens (including phenoxy) is 1. The summed E-state index contributed by atoms with van der Waals surface area (Å²) in [5.41, 5.74) is 1.04. The van der Waals surface area contributed by atoms with Crippen molar-refractivity contribution in [2.75, 3.05) is 13.1 Å². The lowest BCUT2D eigenvalue weighted by molar-refractivity contribution is 0.109. The summed E-state index contributed by atoms with van der Waals surface area (Å²) in [6.45, 7) is 3.45. The summed E-state index contributed by atoms with van der Waals surface area (Å²) in [6.07, 6.45) is 9.82. The van der Waals surface area contributed by atoms with E-state index in [1.54, 1.807) is 17.1 Å². The van der Waals surface area contributed by atoms with Gasteiger partial charge >= 0.3 is 6.03 Å². The predicted molar refractivity (Wildman–Crippen MR) is 94.2 cm³/mol. The van der Waals surface area contributed by atoms with Gasteiger partial charge in [-0.3, -0.25) is 9.67 Å². The van der Waals surface area contributed by atoms with Crippen LogP contribution in [-0.2, 0) is 7.05 Å². The molecule has 1 aliphatic rings. The van der Waals surface area contributed by atoms with Crippen LogP contribution in [0.15, 0.2) is 36.9 Å². The van der Waals surface area contributed by atoms with Gasteiger partial charge in [0.25, 0.3) is 0 Å². The zero-order valence-electron chi connectivity index (χ0n) is 14.8. The first-order chi connectivity index (χ1) is 12.2. The van der Waals surface area contributed by atoms with Crippen LogP contribution in [0, 0.1) is 0 Å². The second kappa shape index (κ2) is 8.00. The molecule has 0 saturated carbocycles. The van der Waals surface area contributed by atoms with Crippen LogP contribution in [0.25, 0.3) is 0 Å². The zero-order chi connectivity index (χ0) is 17.6. The molecule has 3 heterocycles. The van der Waals surface area contributed by atoms with Crippen molar-refractivity contribution in [1.29, 1.82) is 0 Å². The van der Waals surface area contributed by atoms with Crippen LogP contribution in [0.5, 0.6) is 5.75 Å². The van der Waals surface area contributed by atoms with Crippen molar-refractivity contribution in [3.63, 3.8) is 0 Å².